The molecule has 5 heteroatoms. The number of hydrogen-bond acceptors (Lipinski definition) is 5. The van der Waals surface area contributed by atoms with E-state index in [0.717, 1.165) is 45.0 Å². The quantitative estimate of drug-likeness (QED) is 0.806. The summed E-state index contributed by atoms with van der Waals surface area (Å²) < 4.78 is 11.9. The average molecular weight is 344 g/mol. The van der Waals surface area contributed by atoms with Gasteiger partial charge in [0.2, 0.25) is 0 Å². The van der Waals surface area contributed by atoms with Crippen LogP contribution in [0, 0.1) is 18.3 Å². The molecule has 0 radical (unpaired) electrons. The van der Waals surface area contributed by atoms with E-state index in [1.165, 1.54) is 9.75 Å². The van der Waals surface area contributed by atoms with Crippen molar-refractivity contribution in [3.63, 3.8) is 0 Å². The Bertz CT molecular complexity index is 675. The number of hydrogen-bond donors (Lipinski definition) is 0. The Morgan fingerprint density at radius 3 is 3.17 bits per heavy atom. The summed E-state index contributed by atoms with van der Waals surface area (Å²) in [6.45, 7) is 8.52. The summed E-state index contributed by atoms with van der Waals surface area (Å²) in [6.07, 6.45) is 3.67. The maximum atomic E-state index is 6.07. The molecule has 0 saturated carbocycles. The fourth-order valence-corrected chi connectivity index (χ4v) is 4.85. The van der Waals surface area contributed by atoms with Crippen LogP contribution in [0.4, 0.5) is 0 Å². The maximum absolute atomic E-state index is 6.07. The first-order valence-corrected chi connectivity index (χ1v) is 9.37. The number of fused-ring (bicyclic) bond motifs is 1. The fourth-order valence-electron chi connectivity index (χ4n) is 3.91. The van der Waals surface area contributed by atoms with E-state index in [0.29, 0.717) is 12.5 Å². The number of aryl methyl sites for hydroxylation is 1. The molecule has 2 aliphatic heterocycles. The number of ether oxygens (including phenoxy) is 2. The van der Waals surface area contributed by atoms with Crippen LogP contribution in [0.15, 0.2) is 36.7 Å². The number of likely N-dealkylation sites (tertiary alicyclic amines) is 1. The SMILES string of the molecule is Cc1ccc(CN2C[C@@H]3COC[C@]3(COCc3cccnc3)C2)s1. The predicted molar refractivity (Wildman–Crippen MR) is 95.0 cm³/mol. The highest BCUT2D eigenvalue weighted by Gasteiger charge is 2.50. The molecule has 0 unspecified atom stereocenters. The molecule has 0 aromatic carbocycles. The standard InChI is InChI=1S/C19H24N2O2S/c1-15-4-5-18(24-15)9-21-8-17-11-23-14-19(17,12-21)13-22-10-16-3-2-6-20-7-16/h2-7,17H,8-14H2,1H3/t17-,19-/m1/s1. The van der Waals surface area contributed by atoms with Crippen molar-refractivity contribution >= 4 is 11.3 Å². The van der Waals surface area contributed by atoms with E-state index in [1.807, 2.05) is 23.6 Å². The molecular formula is C19H24N2O2S. The minimum Gasteiger partial charge on any atom is -0.380 e. The monoisotopic (exact) mass is 344 g/mol. The topological polar surface area (TPSA) is 34.6 Å². The Morgan fingerprint density at radius 1 is 1.42 bits per heavy atom. The molecule has 2 atom stereocenters. The van der Waals surface area contributed by atoms with Crippen LogP contribution in [-0.2, 0) is 22.6 Å². The zero-order chi connectivity index (χ0) is 16.4. The first-order valence-electron chi connectivity index (χ1n) is 8.56. The van der Waals surface area contributed by atoms with Crippen LogP contribution in [0.5, 0.6) is 0 Å². The van der Waals surface area contributed by atoms with Crippen molar-refractivity contribution in [3.8, 4) is 0 Å². The first-order chi connectivity index (χ1) is 11.7. The molecular weight excluding hydrogens is 320 g/mol. The zero-order valence-electron chi connectivity index (χ0n) is 14.1. The third-order valence-electron chi connectivity index (χ3n) is 5.15. The lowest BCUT2D eigenvalue weighted by molar-refractivity contribution is 0.0182. The van der Waals surface area contributed by atoms with Crippen molar-refractivity contribution in [3.05, 3.63) is 52.0 Å². The van der Waals surface area contributed by atoms with E-state index >= 15 is 0 Å². The van der Waals surface area contributed by atoms with Gasteiger partial charge in [-0.1, -0.05) is 6.07 Å². The highest BCUT2D eigenvalue weighted by Crippen LogP contribution is 2.42. The van der Waals surface area contributed by atoms with Crippen LogP contribution >= 0.6 is 11.3 Å². The Labute approximate surface area is 147 Å². The van der Waals surface area contributed by atoms with E-state index in [-0.39, 0.29) is 5.41 Å². The molecule has 24 heavy (non-hydrogen) atoms. The second-order valence-electron chi connectivity index (χ2n) is 7.11. The third-order valence-corrected chi connectivity index (χ3v) is 6.13. The summed E-state index contributed by atoms with van der Waals surface area (Å²) in [5.74, 6) is 0.590. The Kier molecular flexibility index (Phi) is 4.68. The summed E-state index contributed by atoms with van der Waals surface area (Å²) in [4.78, 5) is 9.57. The van der Waals surface area contributed by atoms with Gasteiger partial charge in [-0.3, -0.25) is 9.88 Å². The molecule has 4 nitrogen and oxygen atoms in total. The van der Waals surface area contributed by atoms with Gasteiger partial charge in [-0.2, -0.15) is 0 Å². The van der Waals surface area contributed by atoms with Gasteiger partial charge in [-0.05, 0) is 30.7 Å². The van der Waals surface area contributed by atoms with Gasteiger partial charge >= 0.3 is 0 Å². The summed E-state index contributed by atoms with van der Waals surface area (Å²) in [7, 11) is 0. The molecule has 0 N–H and O–H groups in total. The number of aromatic nitrogens is 1. The Hall–Kier alpha value is -1.27. The van der Waals surface area contributed by atoms with Gasteiger partial charge in [0.05, 0.1) is 26.4 Å². The zero-order valence-corrected chi connectivity index (χ0v) is 14.9. The van der Waals surface area contributed by atoms with E-state index in [9.17, 15) is 0 Å². The van der Waals surface area contributed by atoms with Crippen LogP contribution in [0.3, 0.4) is 0 Å². The third kappa shape index (κ3) is 3.40. The fraction of sp³-hybridized carbons (Fsp3) is 0.526. The van der Waals surface area contributed by atoms with E-state index in [2.05, 4.69) is 35.0 Å². The number of rotatable bonds is 6. The first kappa shape index (κ1) is 16.2. The summed E-state index contributed by atoms with van der Waals surface area (Å²) in [5.41, 5.74) is 1.29. The molecule has 128 valence electrons. The van der Waals surface area contributed by atoms with Crippen LogP contribution in [-0.4, -0.2) is 42.8 Å². The van der Waals surface area contributed by atoms with E-state index in [4.69, 9.17) is 9.47 Å². The van der Waals surface area contributed by atoms with Gasteiger partial charge in [0.15, 0.2) is 0 Å². The number of thiophene rings is 1. The second-order valence-corrected chi connectivity index (χ2v) is 8.48. The highest BCUT2D eigenvalue weighted by atomic mass is 32.1. The lowest BCUT2D eigenvalue weighted by Crippen LogP contribution is -2.35. The van der Waals surface area contributed by atoms with Crippen LogP contribution < -0.4 is 0 Å². The molecule has 2 aliphatic rings. The molecule has 0 aliphatic carbocycles. The van der Waals surface area contributed by atoms with Crippen LogP contribution in [0.1, 0.15) is 15.3 Å². The Balaban J connectivity index is 1.36. The highest BCUT2D eigenvalue weighted by molar-refractivity contribution is 7.11. The van der Waals surface area contributed by atoms with Crippen molar-refractivity contribution in [2.75, 3.05) is 32.9 Å². The molecule has 2 aromatic rings. The molecule has 2 saturated heterocycles. The van der Waals surface area contributed by atoms with Gasteiger partial charge in [-0.25, -0.2) is 0 Å². The van der Waals surface area contributed by atoms with E-state index in [1.54, 1.807) is 6.20 Å². The maximum Gasteiger partial charge on any atom is 0.0732 e. The minimum atomic E-state index is 0.161. The van der Waals surface area contributed by atoms with Crippen molar-refractivity contribution in [2.45, 2.75) is 20.1 Å². The number of nitrogens with zero attached hydrogens (tertiary/aromatic N) is 2. The van der Waals surface area contributed by atoms with Gasteiger partial charge in [0.1, 0.15) is 0 Å². The van der Waals surface area contributed by atoms with Crippen molar-refractivity contribution in [1.82, 2.24) is 9.88 Å². The summed E-state index contributed by atoms with van der Waals surface area (Å²) in [5, 5.41) is 0. The summed E-state index contributed by atoms with van der Waals surface area (Å²) >= 11 is 1.91. The minimum absolute atomic E-state index is 0.161. The van der Waals surface area contributed by atoms with Crippen LogP contribution in [0.25, 0.3) is 0 Å². The van der Waals surface area contributed by atoms with Gasteiger partial charge in [-0.15, -0.1) is 11.3 Å². The molecule has 2 fully saturated rings. The second kappa shape index (κ2) is 6.92. The van der Waals surface area contributed by atoms with Gasteiger partial charge in [0.25, 0.3) is 0 Å². The van der Waals surface area contributed by atoms with E-state index < -0.39 is 0 Å². The lowest BCUT2D eigenvalue weighted by Gasteiger charge is -2.27. The lowest BCUT2D eigenvalue weighted by atomic mass is 9.82. The summed E-state index contributed by atoms with van der Waals surface area (Å²) in [6, 6.07) is 8.50. The van der Waals surface area contributed by atoms with Crippen molar-refractivity contribution in [2.24, 2.45) is 11.3 Å². The van der Waals surface area contributed by atoms with Gasteiger partial charge in [0, 0.05) is 53.1 Å². The molecule has 2 aromatic heterocycles. The normalized spacial score (nSPS) is 26.8. The molecule has 0 bridgehead atoms. The van der Waals surface area contributed by atoms with Gasteiger partial charge < -0.3 is 9.47 Å². The predicted octanol–water partition coefficient (Wildman–Crippen LogP) is 3.12. The molecule has 0 amide bonds. The van der Waals surface area contributed by atoms with Crippen molar-refractivity contribution in [1.29, 1.82) is 0 Å². The van der Waals surface area contributed by atoms with Crippen LogP contribution in [0.2, 0.25) is 0 Å². The molecule has 0 spiro atoms. The Morgan fingerprint density at radius 2 is 2.38 bits per heavy atom. The largest absolute Gasteiger partial charge is 0.380 e. The molecule has 4 heterocycles. The van der Waals surface area contributed by atoms with Crippen molar-refractivity contribution < 1.29 is 9.47 Å². The average Bonchev–Trinajstić information content (AvgIpc) is 3.23. The number of pyridine rings is 1. The smallest absolute Gasteiger partial charge is 0.0732 e. The molecule has 4 rings (SSSR count).